The summed E-state index contributed by atoms with van der Waals surface area (Å²) in [7, 11) is 0. The summed E-state index contributed by atoms with van der Waals surface area (Å²) in [5, 5.41) is 10.5. The van der Waals surface area contributed by atoms with Gasteiger partial charge in [-0.05, 0) is 25.7 Å². The highest BCUT2D eigenvalue weighted by molar-refractivity contribution is 7.15. The van der Waals surface area contributed by atoms with Crippen molar-refractivity contribution in [3.63, 3.8) is 0 Å². The van der Waals surface area contributed by atoms with Gasteiger partial charge in [0.25, 0.3) is 0 Å². The first-order valence-corrected chi connectivity index (χ1v) is 7.47. The van der Waals surface area contributed by atoms with E-state index in [0.29, 0.717) is 6.04 Å². The molecule has 1 aromatic rings. The Kier molecular flexibility index (Phi) is 4.40. The Balaban J connectivity index is 2.14. The maximum Gasteiger partial charge on any atom is 0.186 e. The van der Waals surface area contributed by atoms with E-state index in [-0.39, 0.29) is 6.61 Å². The predicted octanol–water partition coefficient (Wildman–Crippen LogP) is 2.97. The summed E-state index contributed by atoms with van der Waals surface area (Å²) >= 11 is 1.68. The Bertz CT molecular complexity index is 339. The lowest BCUT2D eigenvalue weighted by Crippen LogP contribution is -2.26. The van der Waals surface area contributed by atoms with Gasteiger partial charge in [0.2, 0.25) is 0 Å². The Labute approximate surface area is 107 Å². The molecule has 0 aliphatic heterocycles. The fourth-order valence-electron chi connectivity index (χ4n) is 2.04. The zero-order valence-electron chi connectivity index (χ0n) is 10.8. The summed E-state index contributed by atoms with van der Waals surface area (Å²) < 4.78 is 0. The number of unbranched alkanes of at least 4 members (excludes halogenated alkanes) is 1. The van der Waals surface area contributed by atoms with Gasteiger partial charge in [-0.1, -0.05) is 31.6 Å². The Morgan fingerprint density at radius 3 is 2.65 bits per heavy atom. The van der Waals surface area contributed by atoms with Crippen LogP contribution in [0.25, 0.3) is 0 Å². The normalized spacial score (nSPS) is 15.2. The third kappa shape index (κ3) is 2.99. The SMILES string of the molecule is CCCCN(c1nc(CC)c(CO)s1)C1CC1. The lowest BCUT2D eigenvalue weighted by atomic mass is 10.3. The molecule has 96 valence electrons. The number of aliphatic hydroxyl groups excluding tert-OH is 1. The molecule has 1 aliphatic rings. The van der Waals surface area contributed by atoms with Gasteiger partial charge >= 0.3 is 0 Å². The second-order valence-electron chi connectivity index (χ2n) is 4.66. The monoisotopic (exact) mass is 254 g/mol. The van der Waals surface area contributed by atoms with E-state index in [1.54, 1.807) is 11.3 Å². The highest BCUT2D eigenvalue weighted by Gasteiger charge is 2.31. The second-order valence-corrected chi connectivity index (χ2v) is 5.72. The Hall–Kier alpha value is -0.610. The standard InChI is InChI=1S/C13H22N2OS/c1-3-5-8-15(10-6-7-10)13-14-11(4-2)12(9-16)17-13/h10,16H,3-9H2,1-2H3. The van der Waals surface area contributed by atoms with Crippen molar-refractivity contribution in [1.29, 1.82) is 0 Å². The van der Waals surface area contributed by atoms with Crippen LogP contribution in [0.4, 0.5) is 5.13 Å². The molecule has 1 fully saturated rings. The van der Waals surface area contributed by atoms with E-state index >= 15 is 0 Å². The van der Waals surface area contributed by atoms with Gasteiger partial charge in [-0.25, -0.2) is 4.98 Å². The second kappa shape index (κ2) is 5.83. The number of thiazole rings is 1. The molecule has 3 nitrogen and oxygen atoms in total. The number of nitrogens with zero attached hydrogens (tertiary/aromatic N) is 2. The number of aromatic nitrogens is 1. The van der Waals surface area contributed by atoms with Gasteiger partial charge < -0.3 is 10.0 Å². The van der Waals surface area contributed by atoms with E-state index in [9.17, 15) is 5.11 Å². The number of rotatable bonds is 7. The van der Waals surface area contributed by atoms with Crippen molar-refractivity contribution >= 4 is 16.5 Å². The number of aliphatic hydroxyl groups is 1. The molecule has 0 radical (unpaired) electrons. The van der Waals surface area contributed by atoms with Crippen LogP contribution in [0.3, 0.4) is 0 Å². The molecule has 0 atom stereocenters. The van der Waals surface area contributed by atoms with Gasteiger partial charge in [0.05, 0.1) is 17.2 Å². The largest absolute Gasteiger partial charge is 0.391 e. The van der Waals surface area contributed by atoms with Gasteiger partial charge in [-0.3, -0.25) is 0 Å². The average molecular weight is 254 g/mol. The van der Waals surface area contributed by atoms with Crippen molar-refractivity contribution in [2.24, 2.45) is 0 Å². The molecule has 17 heavy (non-hydrogen) atoms. The average Bonchev–Trinajstić information content (AvgIpc) is 3.09. The fraction of sp³-hybridized carbons (Fsp3) is 0.769. The molecular formula is C13H22N2OS. The maximum atomic E-state index is 9.33. The van der Waals surface area contributed by atoms with Crippen molar-refractivity contribution < 1.29 is 5.11 Å². The van der Waals surface area contributed by atoms with Crippen molar-refractivity contribution in [1.82, 2.24) is 4.98 Å². The van der Waals surface area contributed by atoms with Crippen LogP contribution in [-0.2, 0) is 13.0 Å². The van der Waals surface area contributed by atoms with E-state index in [1.165, 1.54) is 25.7 Å². The van der Waals surface area contributed by atoms with Crippen molar-refractivity contribution in [2.75, 3.05) is 11.4 Å². The third-order valence-corrected chi connectivity index (χ3v) is 4.35. The van der Waals surface area contributed by atoms with Crippen LogP contribution in [0.5, 0.6) is 0 Å². The maximum absolute atomic E-state index is 9.33. The highest BCUT2D eigenvalue weighted by Crippen LogP contribution is 2.35. The lowest BCUT2D eigenvalue weighted by Gasteiger charge is -2.20. The molecule has 0 amide bonds. The molecule has 0 unspecified atom stereocenters. The minimum Gasteiger partial charge on any atom is -0.391 e. The minimum absolute atomic E-state index is 0.132. The van der Waals surface area contributed by atoms with Gasteiger partial charge in [0.1, 0.15) is 0 Å². The van der Waals surface area contributed by atoms with Gasteiger partial charge in [0.15, 0.2) is 5.13 Å². The molecule has 2 rings (SSSR count). The van der Waals surface area contributed by atoms with Crippen LogP contribution in [0, 0.1) is 0 Å². The predicted molar refractivity (Wildman–Crippen MR) is 72.7 cm³/mol. The molecule has 1 aliphatic carbocycles. The number of aryl methyl sites for hydroxylation is 1. The Morgan fingerprint density at radius 2 is 2.18 bits per heavy atom. The van der Waals surface area contributed by atoms with Crippen LogP contribution >= 0.6 is 11.3 Å². The number of anilines is 1. The van der Waals surface area contributed by atoms with Crippen LogP contribution in [0.2, 0.25) is 0 Å². The van der Waals surface area contributed by atoms with E-state index in [0.717, 1.165) is 28.7 Å². The van der Waals surface area contributed by atoms with Gasteiger partial charge in [-0.2, -0.15) is 0 Å². The molecule has 4 heteroatoms. The molecule has 1 heterocycles. The van der Waals surface area contributed by atoms with E-state index < -0.39 is 0 Å². The molecule has 0 spiro atoms. The zero-order valence-corrected chi connectivity index (χ0v) is 11.6. The van der Waals surface area contributed by atoms with Gasteiger partial charge in [-0.15, -0.1) is 0 Å². The fourth-order valence-corrected chi connectivity index (χ4v) is 3.15. The van der Waals surface area contributed by atoms with Crippen LogP contribution in [0.15, 0.2) is 0 Å². The molecule has 0 aromatic carbocycles. The molecule has 1 saturated carbocycles. The molecule has 1 aromatic heterocycles. The van der Waals surface area contributed by atoms with Crippen molar-refractivity contribution in [3.05, 3.63) is 10.6 Å². The molecule has 1 N–H and O–H groups in total. The van der Waals surface area contributed by atoms with E-state index in [4.69, 9.17) is 4.98 Å². The first-order valence-electron chi connectivity index (χ1n) is 6.66. The quantitative estimate of drug-likeness (QED) is 0.812. The summed E-state index contributed by atoms with van der Waals surface area (Å²) in [5.74, 6) is 0. The molecular weight excluding hydrogens is 232 g/mol. The zero-order chi connectivity index (χ0) is 12.3. The van der Waals surface area contributed by atoms with Crippen LogP contribution in [-0.4, -0.2) is 22.7 Å². The van der Waals surface area contributed by atoms with Crippen molar-refractivity contribution in [3.8, 4) is 0 Å². The topological polar surface area (TPSA) is 36.4 Å². The molecule has 0 saturated heterocycles. The lowest BCUT2D eigenvalue weighted by molar-refractivity contribution is 0.284. The highest BCUT2D eigenvalue weighted by atomic mass is 32.1. The molecule has 0 bridgehead atoms. The van der Waals surface area contributed by atoms with E-state index in [2.05, 4.69) is 18.7 Å². The summed E-state index contributed by atoms with van der Waals surface area (Å²) in [6, 6.07) is 0.712. The van der Waals surface area contributed by atoms with Crippen LogP contribution < -0.4 is 4.90 Å². The number of hydrogen-bond donors (Lipinski definition) is 1. The van der Waals surface area contributed by atoms with E-state index in [1.807, 2.05) is 0 Å². The summed E-state index contributed by atoms with van der Waals surface area (Å²) in [6.45, 7) is 5.57. The first-order chi connectivity index (χ1) is 8.30. The first kappa shape index (κ1) is 12.8. The van der Waals surface area contributed by atoms with Crippen LogP contribution in [0.1, 0.15) is 50.1 Å². The van der Waals surface area contributed by atoms with Crippen molar-refractivity contribution in [2.45, 2.75) is 58.6 Å². The summed E-state index contributed by atoms with van der Waals surface area (Å²) in [6.07, 6.45) is 5.98. The summed E-state index contributed by atoms with van der Waals surface area (Å²) in [4.78, 5) is 8.20. The van der Waals surface area contributed by atoms with Gasteiger partial charge in [0, 0.05) is 12.6 Å². The third-order valence-electron chi connectivity index (χ3n) is 3.23. The Morgan fingerprint density at radius 1 is 1.41 bits per heavy atom. The summed E-state index contributed by atoms with van der Waals surface area (Å²) in [5.41, 5.74) is 1.08. The number of hydrogen-bond acceptors (Lipinski definition) is 4. The minimum atomic E-state index is 0.132. The smallest absolute Gasteiger partial charge is 0.186 e.